The first-order valence-corrected chi connectivity index (χ1v) is 6.90. The summed E-state index contributed by atoms with van der Waals surface area (Å²) in [5, 5.41) is 0. The molecule has 2 aromatic rings. The number of esters is 1. The van der Waals surface area contributed by atoms with Crippen LogP contribution in [0.2, 0.25) is 0 Å². The second kappa shape index (κ2) is 6.10. The molecule has 3 nitrogen and oxygen atoms in total. The van der Waals surface area contributed by atoms with Crippen LogP contribution in [0.4, 0.5) is 4.39 Å². The number of benzene rings is 2. The molecule has 2 aromatic carbocycles. The monoisotopic (exact) mass is 300 g/mol. The molecule has 0 fully saturated rings. The third-order valence-electron chi connectivity index (χ3n) is 2.90. The zero-order chi connectivity index (χ0) is 16.3. The van der Waals surface area contributed by atoms with Crippen molar-refractivity contribution in [2.45, 2.75) is 26.4 Å². The van der Waals surface area contributed by atoms with Crippen molar-refractivity contribution < 1.29 is 18.7 Å². The molecular weight excluding hydrogens is 283 g/mol. The fraction of sp³-hybridized carbons (Fsp3) is 0.222. The van der Waals surface area contributed by atoms with Crippen LogP contribution < -0.4 is 0 Å². The summed E-state index contributed by atoms with van der Waals surface area (Å²) in [7, 11) is 0. The normalized spacial score (nSPS) is 11.1. The van der Waals surface area contributed by atoms with Crippen molar-refractivity contribution in [3.63, 3.8) is 0 Å². The van der Waals surface area contributed by atoms with Gasteiger partial charge in [0, 0.05) is 11.1 Å². The average molecular weight is 300 g/mol. The molecule has 0 bridgehead atoms. The number of halogens is 1. The Hall–Kier alpha value is -2.49. The molecule has 0 spiro atoms. The van der Waals surface area contributed by atoms with Crippen LogP contribution in [0.5, 0.6) is 0 Å². The number of hydrogen-bond donors (Lipinski definition) is 0. The van der Waals surface area contributed by atoms with Crippen LogP contribution in [-0.2, 0) is 4.74 Å². The number of ketones is 1. The zero-order valence-electron chi connectivity index (χ0n) is 12.7. The predicted molar refractivity (Wildman–Crippen MR) is 81.4 cm³/mol. The predicted octanol–water partition coefficient (Wildman–Crippen LogP) is 4.01. The summed E-state index contributed by atoms with van der Waals surface area (Å²) in [6.45, 7) is 5.28. The van der Waals surface area contributed by atoms with Crippen LogP contribution in [-0.4, -0.2) is 17.4 Å². The smallest absolute Gasteiger partial charge is 0.339 e. The molecule has 0 heterocycles. The highest BCUT2D eigenvalue weighted by atomic mass is 19.1. The Bertz CT molecular complexity index is 697. The minimum absolute atomic E-state index is 0.201. The van der Waals surface area contributed by atoms with E-state index in [0.29, 0.717) is 5.56 Å². The molecule has 0 atom stereocenters. The highest BCUT2D eigenvalue weighted by molar-refractivity contribution is 6.14. The van der Waals surface area contributed by atoms with Gasteiger partial charge in [0.05, 0.1) is 5.56 Å². The van der Waals surface area contributed by atoms with E-state index in [1.54, 1.807) is 45.0 Å². The van der Waals surface area contributed by atoms with Gasteiger partial charge in [-0.3, -0.25) is 4.79 Å². The number of rotatable bonds is 3. The maximum Gasteiger partial charge on any atom is 0.339 e. The molecule has 0 radical (unpaired) electrons. The number of ether oxygens (including phenoxy) is 1. The lowest BCUT2D eigenvalue weighted by molar-refractivity contribution is 0.00679. The van der Waals surface area contributed by atoms with E-state index in [-0.39, 0.29) is 16.9 Å². The minimum Gasteiger partial charge on any atom is -0.456 e. The molecular formula is C18H17FO3. The summed E-state index contributed by atoms with van der Waals surface area (Å²) < 4.78 is 18.3. The van der Waals surface area contributed by atoms with Crippen molar-refractivity contribution in [1.29, 1.82) is 0 Å². The van der Waals surface area contributed by atoms with Crippen LogP contribution in [0.15, 0.2) is 48.5 Å². The van der Waals surface area contributed by atoms with Gasteiger partial charge in [0.1, 0.15) is 11.4 Å². The van der Waals surface area contributed by atoms with Gasteiger partial charge in [0.15, 0.2) is 5.78 Å². The van der Waals surface area contributed by atoms with Gasteiger partial charge in [-0.1, -0.05) is 18.2 Å². The molecule has 0 aliphatic heterocycles. The Morgan fingerprint density at radius 3 is 2.00 bits per heavy atom. The number of carbonyl (C=O) groups is 2. The second-order valence-electron chi connectivity index (χ2n) is 5.88. The second-order valence-corrected chi connectivity index (χ2v) is 5.88. The minimum atomic E-state index is -0.650. The lowest BCUT2D eigenvalue weighted by Gasteiger charge is -2.20. The lowest BCUT2D eigenvalue weighted by Crippen LogP contribution is -2.25. The Morgan fingerprint density at radius 1 is 0.909 bits per heavy atom. The molecule has 2 rings (SSSR count). The molecule has 22 heavy (non-hydrogen) atoms. The van der Waals surface area contributed by atoms with Crippen molar-refractivity contribution in [2.75, 3.05) is 0 Å². The molecule has 0 amide bonds. The van der Waals surface area contributed by atoms with E-state index >= 15 is 0 Å². The maximum absolute atomic E-state index is 13.0. The van der Waals surface area contributed by atoms with Crippen LogP contribution in [0.1, 0.15) is 47.1 Å². The maximum atomic E-state index is 13.0. The van der Waals surface area contributed by atoms with Gasteiger partial charge in [-0.15, -0.1) is 0 Å². The first-order chi connectivity index (χ1) is 10.3. The largest absolute Gasteiger partial charge is 0.456 e. The summed E-state index contributed by atoms with van der Waals surface area (Å²) in [6.07, 6.45) is 0. The highest BCUT2D eigenvalue weighted by Crippen LogP contribution is 2.19. The molecule has 0 aliphatic rings. The number of hydrogen-bond acceptors (Lipinski definition) is 3. The van der Waals surface area contributed by atoms with Gasteiger partial charge in [0.2, 0.25) is 0 Å². The van der Waals surface area contributed by atoms with Crippen LogP contribution in [0.25, 0.3) is 0 Å². The Labute approximate surface area is 128 Å². The van der Waals surface area contributed by atoms with Gasteiger partial charge in [-0.25, -0.2) is 9.18 Å². The third kappa shape index (κ3) is 3.79. The van der Waals surface area contributed by atoms with E-state index in [1.807, 2.05) is 0 Å². The highest BCUT2D eigenvalue weighted by Gasteiger charge is 2.23. The fourth-order valence-electron chi connectivity index (χ4n) is 1.95. The topological polar surface area (TPSA) is 43.4 Å². The van der Waals surface area contributed by atoms with E-state index in [0.717, 1.165) is 0 Å². The quantitative estimate of drug-likeness (QED) is 0.635. The zero-order valence-corrected chi connectivity index (χ0v) is 12.7. The molecule has 0 saturated carbocycles. The van der Waals surface area contributed by atoms with E-state index in [9.17, 15) is 14.0 Å². The van der Waals surface area contributed by atoms with Gasteiger partial charge in [-0.2, -0.15) is 0 Å². The molecule has 0 aliphatic carbocycles. The van der Waals surface area contributed by atoms with E-state index in [4.69, 9.17) is 4.74 Å². The number of carbonyl (C=O) groups excluding carboxylic acids is 2. The molecule has 0 aromatic heterocycles. The standard InChI is InChI=1S/C18H17FO3/c1-18(2,3)22-17(21)15-7-5-4-6-14(15)16(20)12-8-10-13(19)11-9-12/h4-11H,1-3H3. The summed E-state index contributed by atoms with van der Waals surface area (Å²) in [6, 6.07) is 11.7. The molecule has 0 N–H and O–H groups in total. The molecule has 4 heteroatoms. The van der Waals surface area contributed by atoms with Crippen molar-refractivity contribution in [1.82, 2.24) is 0 Å². The van der Waals surface area contributed by atoms with Crippen LogP contribution in [0.3, 0.4) is 0 Å². The van der Waals surface area contributed by atoms with Crippen molar-refractivity contribution in [2.24, 2.45) is 0 Å². The van der Waals surface area contributed by atoms with Crippen molar-refractivity contribution in [3.8, 4) is 0 Å². The first-order valence-electron chi connectivity index (χ1n) is 6.90. The molecule has 0 saturated heterocycles. The molecule has 114 valence electrons. The summed E-state index contributed by atoms with van der Waals surface area (Å²) in [5.74, 6) is -1.32. The van der Waals surface area contributed by atoms with Gasteiger partial charge in [-0.05, 0) is 51.1 Å². The Balaban J connectivity index is 2.38. The Morgan fingerprint density at radius 2 is 1.45 bits per heavy atom. The average Bonchev–Trinajstić information content (AvgIpc) is 2.45. The van der Waals surface area contributed by atoms with Crippen molar-refractivity contribution >= 4 is 11.8 Å². The fourth-order valence-corrected chi connectivity index (χ4v) is 1.95. The Kier molecular flexibility index (Phi) is 4.40. The van der Waals surface area contributed by atoms with E-state index in [1.165, 1.54) is 24.3 Å². The van der Waals surface area contributed by atoms with Crippen LogP contribution in [0, 0.1) is 5.82 Å². The summed E-state index contributed by atoms with van der Waals surface area (Å²) in [5.41, 5.74) is 0.107. The van der Waals surface area contributed by atoms with E-state index < -0.39 is 17.4 Å². The third-order valence-corrected chi connectivity index (χ3v) is 2.90. The summed E-state index contributed by atoms with van der Waals surface area (Å²) in [4.78, 5) is 24.8. The SMILES string of the molecule is CC(C)(C)OC(=O)c1ccccc1C(=O)c1ccc(F)cc1. The lowest BCUT2D eigenvalue weighted by atomic mass is 9.98. The molecule has 0 unspecified atom stereocenters. The van der Waals surface area contributed by atoms with Gasteiger partial charge in [0.25, 0.3) is 0 Å². The van der Waals surface area contributed by atoms with Gasteiger partial charge >= 0.3 is 5.97 Å². The van der Waals surface area contributed by atoms with E-state index in [2.05, 4.69) is 0 Å². The first kappa shape index (κ1) is 15.9. The van der Waals surface area contributed by atoms with Crippen molar-refractivity contribution in [3.05, 3.63) is 71.0 Å². The van der Waals surface area contributed by atoms with Crippen LogP contribution >= 0.6 is 0 Å². The van der Waals surface area contributed by atoms with Gasteiger partial charge < -0.3 is 4.74 Å². The summed E-state index contributed by atoms with van der Waals surface area (Å²) >= 11 is 0.